The lowest BCUT2D eigenvalue weighted by atomic mass is 10.1. The largest absolute Gasteiger partial charge is 0.472 e. The van der Waals surface area contributed by atoms with Crippen LogP contribution in [0.1, 0.15) is 12.5 Å². The number of nitrogens with two attached hydrogens (primary N) is 1. The number of aromatic nitrogens is 8. The van der Waals surface area contributed by atoms with E-state index < -0.39 is 76.7 Å². The van der Waals surface area contributed by atoms with Gasteiger partial charge < -0.3 is 35.2 Å². The van der Waals surface area contributed by atoms with Crippen LogP contribution in [0, 0.1) is 0 Å². The van der Waals surface area contributed by atoms with E-state index in [9.17, 15) is 33.9 Å². The number of nitrogens with one attached hydrogen (secondary N) is 1. The number of aliphatic hydroxyl groups excluding tert-OH is 2. The van der Waals surface area contributed by atoms with Gasteiger partial charge in [-0.2, -0.15) is 4.98 Å². The van der Waals surface area contributed by atoms with Gasteiger partial charge in [-0.15, -0.1) is 11.8 Å². The summed E-state index contributed by atoms with van der Waals surface area (Å²) in [6, 6.07) is 0. The van der Waals surface area contributed by atoms with Gasteiger partial charge in [0, 0.05) is 5.82 Å². The van der Waals surface area contributed by atoms with Crippen molar-refractivity contribution in [1.82, 2.24) is 39.0 Å². The van der Waals surface area contributed by atoms with Gasteiger partial charge in [-0.05, 0) is 12.3 Å². The summed E-state index contributed by atoms with van der Waals surface area (Å²) in [6.45, 7) is -0.761. The SMILES string of the molecule is CSc1ncnc2c1ncn2[C@@H]1O[C@@H]2COP(=O)(O)O[C@H]3[C@@H](O)[C@H](n4cnc5c(=O)[nH]c(N)nc54)O[C@@H]3/C=C\P(=O)(O)O[C@H]2[C@H]1O. The van der Waals surface area contributed by atoms with Crippen LogP contribution in [0.4, 0.5) is 5.95 Å². The number of nitrogen functional groups attached to an aromatic ring is 1. The van der Waals surface area contributed by atoms with Crippen LogP contribution in [0.3, 0.4) is 0 Å². The molecule has 0 radical (unpaired) electrons. The Bertz CT molecular complexity index is 2010. The molecule has 46 heavy (non-hydrogen) atoms. The maximum Gasteiger partial charge on any atom is 0.472 e. The molecule has 7 rings (SSSR count). The maximum atomic E-state index is 13.3. The number of ether oxygens (including phenoxy) is 2. The summed E-state index contributed by atoms with van der Waals surface area (Å²) in [5, 5.41) is 23.0. The average molecular weight is 702 g/mol. The number of rotatable bonds is 3. The zero-order valence-electron chi connectivity index (χ0n) is 23.3. The first-order valence-electron chi connectivity index (χ1n) is 13.3. The fraction of sp³-hybridized carbons (Fsp3) is 0.455. The molecule has 0 bridgehead atoms. The van der Waals surface area contributed by atoms with Crippen molar-refractivity contribution in [2.45, 2.75) is 54.1 Å². The Morgan fingerprint density at radius 1 is 0.978 bits per heavy atom. The molecule has 21 nitrogen and oxygen atoms in total. The van der Waals surface area contributed by atoms with Crippen LogP contribution < -0.4 is 11.3 Å². The molecule has 2 fully saturated rings. The normalized spacial score (nSPS) is 37.5. The minimum Gasteiger partial charge on any atom is -0.386 e. The molecular weight excluding hydrogens is 676 g/mol. The molecule has 4 aromatic rings. The van der Waals surface area contributed by atoms with Gasteiger partial charge in [0.1, 0.15) is 53.5 Å². The number of anilines is 1. The zero-order valence-corrected chi connectivity index (χ0v) is 25.9. The molecule has 10 atom stereocenters. The van der Waals surface area contributed by atoms with Crippen LogP contribution >= 0.6 is 27.2 Å². The van der Waals surface area contributed by atoms with Crippen molar-refractivity contribution in [3.8, 4) is 0 Å². The molecule has 7 heterocycles. The Hall–Kier alpha value is -3.11. The number of imidazole rings is 2. The highest BCUT2D eigenvalue weighted by atomic mass is 32.2. The number of phosphoric ester groups is 1. The molecular formula is C22H25N9O12P2S. The molecule has 3 aliphatic rings. The lowest BCUT2D eigenvalue weighted by Gasteiger charge is -2.26. The van der Waals surface area contributed by atoms with Gasteiger partial charge in [-0.25, -0.2) is 24.5 Å². The minimum absolute atomic E-state index is 0.0819. The van der Waals surface area contributed by atoms with Crippen molar-refractivity contribution in [2.75, 3.05) is 18.6 Å². The van der Waals surface area contributed by atoms with Gasteiger partial charge >= 0.3 is 15.4 Å². The highest BCUT2D eigenvalue weighted by Gasteiger charge is 2.52. The van der Waals surface area contributed by atoms with E-state index in [4.69, 9.17) is 28.8 Å². The highest BCUT2D eigenvalue weighted by molar-refractivity contribution is 7.98. The first-order valence-corrected chi connectivity index (χ1v) is 17.7. The third-order valence-electron chi connectivity index (χ3n) is 7.47. The van der Waals surface area contributed by atoms with E-state index in [1.165, 1.54) is 29.0 Å². The summed E-state index contributed by atoms with van der Waals surface area (Å²) in [7, 11) is -9.74. The van der Waals surface area contributed by atoms with Crippen molar-refractivity contribution >= 4 is 55.5 Å². The van der Waals surface area contributed by atoms with Crippen LogP contribution in [-0.2, 0) is 32.2 Å². The molecule has 2 saturated heterocycles. The van der Waals surface area contributed by atoms with E-state index in [0.717, 1.165) is 22.8 Å². The summed E-state index contributed by atoms with van der Waals surface area (Å²) in [5.74, 6) is 0.472. The summed E-state index contributed by atoms with van der Waals surface area (Å²) < 4.78 is 56.6. The molecule has 2 unspecified atom stereocenters. The van der Waals surface area contributed by atoms with E-state index in [-0.39, 0.29) is 22.8 Å². The van der Waals surface area contributed by atoms with Gasteiger partial charge in [0.25, 0.3) is 5.56 Å². The number of phosphoric acid groups is 1. The first kappa shape index (κ1) is 31.5. The number of thioether (sulfide) groups is 1. The van der Waals surface area contributed by atoms with Gasteiger partial charge in [-0.3, -0.25) is 37.0 Å². The third-order valence-corrected chi connectivity index (χ3v) is 10.2. The smallest absolute Gasteiger partial charge is 0.386 e. The molecule has 0 saturated carbocycles. The number of hydrogen-bond acceptors (Lipinski definition) is 17. The Morgan fingerprint density at radius 3 is 2.43 bits per heavy atom. The standard InChI is InChI=1S/C22H25N9O12P2S/c1-46-19-11-16(24-5-25-19)30(7-27-11)20-13(33)15-9(41-20)4-39-45(37,38)43-14-8(2-3-44(35,36)42-15)40-21(12(14)32)31-6-26-10-17(31)28-22(23)29-18(10)34/h2-3,5-9,12-15,20-21,32-33H,4H2,1H3,(H,35,36)(H,37,38)(H3,23,28,29,34)/b3-2-/t8-,9-,12-,13-,14-,15-,20-,21-/m1/s1. The average Bonchev–Trinajstić information content (AvgIpc) is 3.76. The van der Waals surface area contributed by atoms with Crippen LogP contribution in [-0.4, -0.2) is 109 Å². The van der Waals surface area contributed by atoms with Crippen LogP contribution in [0.2, 0.25) is 0 Å². The maximum absolute atomic E-state index is 13.3. The zero-order chi connectivity index (χ0) is 32.5. The monoisotopic (exact) mass is 701 g/mol. The van der Waals surface area contributed by atoms with Crippen molar-refractivity contribution < 1.29 is 52.2 Å². The Kier molecular flexibility index (Phi) is 7.90. The summed E-state index contributed by atoms with van der Waals surface area (Å²) >= 11 is 1.32. The molecule has 0 spiro atoms. The summed E-state index contributed by atoms with van der Waals surface area (Å²) in [4.78, 5) is 56.5. The number of nitrogens with zero attached hydrogens (tertiary/aromatic N) is 7. The van der Waals surface area contributed by atoms with Crippen LogP contribution in [0.25, 0.3) is 22.3 Å². The van der Waals surface area contributed by atoms with Gasteiger partial charge in [-0.1, -0.05) is 0 Å². The fourth-order valence-corrected chi connectivity index (χ4v) is 7.95. The predicted octanol–water partition coefficient (Wildman–Crippen LogP) is -0.620. The second-order valence-corrected chi connectivity index (χ2v) is 14.2. The number of hydrogen-bond donors (Lipinski definition) is 6. The van der Waals surface area contributed by atoms with Crippen molar-refractivity contribution in [3.05, 3.63) is 41.2 Å². The van der Waals surface area contributed by atoms with E-state index in [1.807, 2.05) is 0 Å². The highest BCUT2D eigenvalue weighted by Crippen LogP contribution is 2.53. The van der Waals surface area contributed by atoms with E-state index >= 15 is 0 Å². The number of aromatic amines is 1. The van der Waals surface area contributed by atoms with Gasteiger partial charge in [0.2, 0.25) is 5.95 Å². The van der Waals surface area contributed by atoms with Crippen molar-refractivity contribution in [2.24, 2.45) is 0 Å². The van der Waals surface area contributed by atoms with Gasteiger partial charge in [0.15, 0.2) is 29.3 Å². The molecule has 3 aliphatic heterocycles. The second-order valence-electron chi connectivity index (χ2n) is 10.3. The number of aliphatic hydroxyl groups is 2. The van der Waals surface area contributed by atoms with Crippen molar-refractivity contribution in [3.63, 3.8) is 0 Å². The lowest BCUT2D eigenvalue weighted by Crippen LogP contribution is -2.37. The molecule has 246 valence electrons. The molecule has 0 amide bonds. The fourth-order valence-electron chi connectivity index (χ4n) is 5.45. The molecule has 0 aromatic carbocycles. The molecule has 0 aliphatic carbocycles. The Balaban J connectivity index is 1.20. The molecule has 7 N–H and O–H groups in total. The number of fused-ring (bicyclic) bond motifs is 4. The van der Waals surface area contributed by atoms with E-state index in [2.05, 4.69) is 29.9 Å². The van der Waals surface area contributed by atoms with E-state index in [0.29, 0.717) is 10.5 Å². The second kappa shape index (κ2) is 11.5. The lowest BCUT2D eigenvalue weighted by molar-refractivity contribution is -0.0544. The van der Waals surface area contributed by atoms with E-state index in [1.54, 1.807) is 6.26 Å². The first-order chi connectivity index (χ1) is 21.9. The predicted molar refractivity (Wildman–Crippen MR) is 154 cm³/mol. The molecule has 4 aromatic heterocycles. The Labute approximate surface area is 260 Å². The molecule has 24 heteroatoms. The van der Waals surface area contributed by atoms with Gasteiger partial charge in [0.05, 0.1) is 19.3 Å². The van der Waals surface area contributed by atoms with Crippen molar-refractivity contribution in [1.29, 1.82) is 0 Å². The minimum atomic E-state index is -5.02. The quantitative estimate of drug-likeness (QED) is 0.0881. The summed E-state index contributed by atoms with van der Waals surface area (Å²) in [5.41, 5.74) is 5.46. The third kappa shape index (κ3) is 5.49. The summed E-state index contributed by atoms with van der Waals surface area (Å²) in [6.07, 6.45) is -5.55. The number of H-pyrrole nitrogens is 1. The Morgan fingerprint density at radius 2 is 1.67 bits per heavy atom. The van der Waals surface area contributed by atoms with Crippen LogP contribution in [0.5, 0.6) is 0 Å². The topological polar surface area (TPSA) is 294 Å². The van der Waals surface area contributed by atoms with Crippen LogP contribution in [0.15, 0.2) is 40.7 Å².